The summed E-state index contributed by atoms with van der Waals surface area (Å²) in [6.07, 6.45) is 0. The van der Waals surface area contributed by atoms with Crippen molar-refractivity contribution in [2.45, 2.75) is 6.54 Å². The first-order valence-corrected chi connectivity index (χ1v) is 9.52. The molecular formula is C20H23BrN2O4. The predicted octanol–water partition coefficient (Wildman–Crippen LogP) is 3.13. The van der Waals surface area contributed by atoms with Gasteiger partial charge in [-0.3, -0.25) is 9.69 Å². The molecule has 2 aromatic rings. The molecule has 1 aliphatic rings. The summed E-state index contributed by atoms with van der Waals surface area (Å²) >= 11 is 3.29. The number of piperazine rings is 1. The van der Waals surface area contributed by atoms with E-state index in [0.29, 0.717) is 18.7 Å². The van der Waals surface area contributed by atoms with Gasteiger partial charge in [0.25, 0.3) is 5.91 Å². The van der Waals surface area contributed by atoms with Crippen molar-refractivity contribution in [3.63, 3.8) is 0 Å². The van der Waals surface area contributed by atoms with Gasteiger partial charge in [-0.15, -0.1) is 0 Å². The van der Waals surface area contributed by atoms with Crippen LogP contribution in [0.4, 0.5) is 0 Å². The molecule has 1 N–H and O–H groups in total. The zero-order valence-electron chi connectivity index (χ0n) is 15.4. The number of hydrogen-bond acceptors (Lipinski definition) is 5. The van der Waals surface area contributed by atoms with Gasteiger partial charge < -0.3 is 19.5 Å². The van der Waals surface area contributed by atoms with Crippen LogP contribution in [-0.2, 0) is 6.54 Å². The fourth-order valence-electron chi connectivity index (χ4n) is 3.21. The van der Waals surface area contributed by atoms with Crippen LogP contribution in [0.15, 0.2) is 40.9 Å². The van der Waals surface area contributed by atoms with E-state index in [-0.39, 0.29) is 11.7 Å². The Morgan fingerprint density at radius 2 is 1.81 bits per heavy atom. The number of nitrogens with zero attached hydrogens (tertiary/aromatic N) is 2. The van der Waals surface area contributed by atoms with Crippen molar-refractivity contribution in [1.29, 1.82) is 0 Å². The smallest absolute Gasteiger partial charge is 0.257 e. The molecule has 7 heteroatoms. The Bertz CT molecular complexity index is 820. The molecule has 2 aromatic carbocycles. The molecule has 0 bridgehead atoms. The highest BCUT2D eigenvalue weighted by Crippen LogP contribution is 2.27. The van der Waals surface area contributed by atoms with Crippen molar-refractivity contribution >= 4 is 21.8 Å². The Balaban J connectivity index is 1.63. The van der Waals surface area contributed by atoms with Crippen LogP contribution in [0.2, 0.25) is 0 Å². The zero-order chi connectivity index (χ0) is 19.4. The second kappa shape index (κ2) is 8.63. The molecule has 1 aliphatic heterocycles. The van der Waals surface area contributed by atoms with E-state index in [1.807, 2.05) is 18.2 Å². The number of carbonyl (C=O) groups excluding carboxylic acids is 1. The standard InChI is InChI=1S/C20H23BrN2O4/c1-26-16-4-6-19(27-2)14(11-16)13-22-7-9-23(10-8-22)20(25)17-5-3-15(21)12-18(17)24/h3-6,11-12,24H,7-10,13H2,1-2H3. The highest BCUT2D eigenvalue weighted by atomic mass is 79.9. The molecule has 27 heavy (non-hydrogen) atoms. The minimum atomic E-state index is -0.140. The monoisotopic (exact) mass is 434 g/mol. The molecule has 3 rings (SSSR count). The summed E-state index contributed by atoms with van der Waals surface area (Å²) in [5.41, 5.74) is 1.39. The minimum Gasteiger partial charge on any atom is -0.507 e. The molecule has 1 amide bonds. The highest BCUT2D eigenvalue weighted by molar-refractivity contribution is 9.10. The first kappa shape index (κ1) is 19.5. The number of halogens is 1. The van der Waals surface area contributed by atoms with E-state index in [2.05, 4.69) is 20.8 Å². The van der Waals surface area contributed by atoms with E-state index in [9.17, 15) is 9.90 Å². The number of phenolic OH excluding ortho intramolecular Hbond substituents is 1. The fourth-order valence-corrected chi connectivity index (χ4v) is 3.56. The van der Waals surface area contributed by atoms with Crippen LogP contribution in [0.3, 0.4) is 0 Å². The molecule has 0 unspecified atom stereocenters. The quantitative estimate of drug-likeness (QED) is 0.782. The maximum absolute atomic E-state index is 12.7. The fraction of sp³-hybridized carbons (Fsp3) is 0.350. The van der Waals surface area contributed by atoms with E-state index in [0.717, 1.165) is 41.2 Å². The maximum atomic E-state index is 12.7. The van der Waals surface area contributed by atoms with Crippen LogP contribution in [-0.4, -0.2) is 61.2 Å². The molecule has 0 saturated carbocycles. The second-order valence-corrected chi connectivity index (χ2v) is 7.32. The summed E-state index contributed by atoms with van der Waals surface area (Å²) in [6, 6.07) is 10.7. The van der Waals surface area contributed by atoms with Gasteiger partial charge in [-0.1, -0.05) is 15.9 Å². The van der Waals surface area contributed by atoms with Crippen molar-refractivity contribution in [3.8, 4) is 17.2 Å². The average Bonchev–Trinajstić information content (AvgIpc) is 2.68. The summed E-state index contributed by atoms with van der Waals surface area (Å²) < 4.78 is 11.5. The molecule has 0 aromatic heterocycles. The highest BCUT2D eigenvalue weighted by Gasteiger charge is 2.24. The predicted molar refractivity (Wildman–Crippen MR) is 107 cm³/mol. The summed E-state index contributed by atoms with van der Waals surface area (Å²) in [5, 5.41) is 10.0. The van der Waals surface area contributed by atoms with Crippen LogP contribution in [0, 0.1) is 0 Å². The number of carbonyl (C=O) groups is 1. The molecule has 1 fully saturated rings. The van der Waals surface area contributed by atoms with Crippen LogP contribution < -0.4 is 9.47 Å². The number of benzene rings is 2. The van der Waals surface area contributed by atoms with E-state index in [4.69, 9.17) is 9.47 Å². The van der Waals surface area contributed by atoms with Crippen LogP contribution >= 0.6 is 15.9 Å². The molecular weight excluding hydrogens is 412 g/mol. The largest absolute Gasteiger partial charge is 0.507 e. The van der Waals surface area contributed by atoms with Crippen molar-refractivity contribution in [1.82, 2.24) is 9.80 Å². The van der Waals surface area contributed by atoms with Gasteiger partial charge in [-0.05, 0) is 36.4 Å². The lowest BCUT2D eigenvalue weighted by atomic mass is 10.1. The number of rotatable bonds is 5. The van der Waals surface area contributed by atoms with E-state index in [1.54, 1.807) is 37.3 Å². The second-order valence-electron chi connectivity index (χ2n) is 6.41. The average molecular weight is 435 g/mol. The summed E-state index contributed by atoms with van der Waals surface area (Å²) in [6.45, 7) is 3.46. The maximum Gasteiger partial charge on any atom is 0.257 e. The van der Waals surface area contributed by atoms with E-state index >= 15 is 0 Å². The number of ether oxygens (including phenoxy) is 2. The summed E-state index contributed by atoms with van der Waals surface area (Å²) in [7, 11) is 3.31. The Labute approximate surface area is 167 Å². The first-order valence-electron chi connectivity index (χ1n) is 8.73. The van der Waals surface area contributed by atoms with Gasteiger partial charge in [0.2, 0.25) is 0 Å². The minimum absolute atomic E-state index is 0.00192. The third kappa shape index (κ3) is 4.54. The van der Waals surface area contributed by atoms with Crippen molar-refractivity contribution in [3.05, 3.63) is 52.0 Å². The van der Waals surface area contributed by atoms with Gasteiger partial charge >= 0.3 is 0 Å². The Morgan fingerprint density at radius 1 is 1.07 bits per heavy atom. The Morgan fingerprint density at radius 3 is 2.44 bits per heavy atom. The van der Waals surface area contributed by atoms with E-state index in [1.165, 1.54) is 0 Å². The van der Waals surface area contributed by atoms with Crippen molar-refractivity contribution in [2.75, 3.05) is 40.4 Å². The third-order valence-electron chi connectivity index (χ3n) is 4.73. The zero-order valence-corrected chi connectivity index (χ0v) is 17.0. The van der Waals surface area contributed by atoms with E-state index < -0.39 is 0 Å². The topological polar surface area (TPSA) is 62.2 Å². The van der Waals surface area contributed by atoms with Gasteiger partial charge in [-0.25, -0.2) is 0 Å². The molecule has 6 nitrogen and oxygen atoms in total. The molecule has 144 valence electrons. The SMILES string of the molecule is COc1ccc(OC)c(CN2CCN(C(=O)c3ccc(Br)cc3O)CC2)c1. The van der Waals surface area contributed by atoms with Gasteiger partial charge in [0, 0.05) is 42.8 Å². The molecule has 0 aliphatic carbocycles. The molecule has 0 radical (unpaired) electrons. The lowest BCUT2D eigenvalue weighted by molar-refractivity contribution is 0.0624. The van der Waals surface area contributed by atoms with Crippen molar-refractivity contribution in [2.24, 2.45) is 0 Å². The molecule has 1 heterocycles. The van der Waals surface area contributed by atoms with Gasteiger partial charge in [0.05, 0.1) is 19.8 Å². The summed E-state index contributed by atoms with van der Waals surface area (Å²) in [4.78, 5) is 16.7. The van der Waals surface area contributed by atoms with Gasteiger partial charge in [-0.2, -0.15) is 0 Å². The Kier molecular flexibility index (Phi) is 6.23. The number of methoxy groups -OCH3 is 2. The van der Waals surface area contributed by atoms with Gasteiger partial charge in [0.1, 0.15) is 17.2 Å². The van der Waals surface area contributed by atoms with Gasteiger partial charge in [0.15, 0.2) is 0 Å². The number of hydrogen-bond donors (Lipinski definition) is 1. The first-order chi connectivity index (χ1) is 13.0. The molecule has 1 saturated heterocycles. The third-order valence-corrected chi connectivity index (χ3v) is 5.22. The van der Waals surface area contributed by atoms with Crippen LogP contribution in [0.25, 0.3) is 0 Å². The molecule has 0 spiro atoms. The number of aromatic hydroxyl groups is 1. The number of phenols is 1. The lowest BCUT2D eigenvalue weighted by Gasteiger charge is -2.35. The van der Waals surface area contributed by atoms with Crippen LogP contribution in [0.1, 0.15) is 15.9 Å². The van der Waals surface area contributed by atoms with Crippen molar-refractivity contribution < 1.29 is 19.4 Å². The summed E-state index contributed by atoms with van der Waals surface area (Å²) in [5.74, 6) is 1.48. The Hall–Kier alpha value is -2.25. The number of amides is 1. The normalized spacial score (nSPS) is 14.9. The molecule has 0 atom stereocenters. The van der Waals surface area contributed by atoms with Crippen LogP contribution in [0.5, 0.6) is 17.2 Å². The lowest BCUT2D eigenvalue weighted by Crippen LogP contribution is -2.48.